The number of rotatable bonds is 3. The van der Waals surface area contributed by atoms with Crippen molar-refractivity contribution in [3.05, 3.63) is 34.9 Å². The molecule has 0 saturated carbocycles. The molecule has 1 aliphatic heterocycles. The quantitative estimate of drug-likeness (QED) is 0.833. The van der Waals surface area contributed by atoms with E-state index in [1.54, 1.807) is 12.1 Å². The first-order chi connectivity index (χ1) is 8.63. The van der Waals surface area contributed by atoms with Crippen LogP contribution in [0.4, 0.5) is 0 Å². The fraction of sp³-hybridized carbons (Fsp3) is 0.500. The SMILES string of the molecule is C[NH+]1CCC[C@@H](OC(=O)Cc2ccc(Cl)cc2)C1. The van der Waals surface area contributed by atoms with Crippen molar-refractivity contribution in [3.63, 3.8) is 0 Å². The standard InChI is InChI=1S/C14H18ClNO2/c1-16-8-2-3-13(10-16)18-14(17)9-11-4-6-12(15)7-5-11/h4-7,13H,2-3,8-10H2,1H3/p+1/t13-/m1/s1. The number of carbonyl (C=O) groups excluding carboxylic acids is 1. The summed E-state index contributed by atoms with van der Waals surface area (Å²) in [5.41, 5.74) is 0.945. The molecule has 2 atom stereocenters. The molecule has 3 nitrogen and oxygen atoms in total. The van der Waals surface area contributed by atoms with Gasteiger partial charge in [0.05, 0.1) is 20.0 Å². The Balaban J connectivity index is 1.83. The zero-order valence-electron chi connectivity index (χ0n) is 10.6. The summed E-state index contributed by atoms with van der Waals surface area (Å²) in [7, 11) is 2.14. The fourth-order valence-corrected chi connectivity index (χ4v) is 2.45. The second-order valence-corrected chi connectivity index (χ2v) is 5.41. The van der Waals surface area contributed by atoms with E-state index in [4.69, 9.17) is 16.3 Å². The van der Waals surface area contributed by atoms with Crippen LogP contribution in [-0.2, 0) is 16.0 Å². The molecule has 1 heterocycles. The lowest BCUT2D eigenvalue weighted by atomic mass is 10.1. The molecule has 1 unspecified atom stereocenters. The fourth-order valence-electron chi connectivity index (χ4n) is 2.32. The van der Waals surface area contributed by atoms with Gasteiger partial charge < -0.3 is 9.64 Å². The summed E-state index contributed by atoms with van der Waals surface area (Å²) >= 11 is 5.80. The van der Waals surface area contributed by atoms with Crippen LogP contribution in [0.5, 0.6) is 0 Å². The summed E-state index contributed by atoms with van der Waals surface area (Å²) in [4.78, 5) is 13.2. The van der Waals surface area contributed by atoms with Crippen LogP contribution in [0.1, 0.15) is 18.4 Å². The molecule has 98 valence electrons. The highest BCUT2D eigenvalue weighted by Gasteiger charge is 2.23. The summed E-state index contributed by atoms with van der Waals surface area (Å²) in [5.74, 6) is -0.142. The Morgan fingerprint density at radius 3 is 2.83 bits per heavy atom. The van der Waals surface area contributed by atoms with E-state index in [0.29, 0.717) is 11.4 Å². The number of ether oxygens (including phenoxy) is 1. The number of likely N-dealkylation sites (tertiary alicyclic amines) is 1. The van der Waals surface area contributed by atoms with Gasteiger partial charge in [0.2, 0.25) is 0 Å². The normalized spacial score (nSPS) is 23.7. The Hall–Kier alpha value is -1.06. The minimum Gasteiger partial charge on any atom is -0.456 e. The van der Waals surface area contributed by atoms with E-state index < -0.39 is 0 Å². The molecule has 4 heteroatoms. The number of hydrogen-bond donors (Lipinski definition) is 1. The van der Waals surface area contributed by atoms with E-state index in [-0.39, 0.29) is 12.1 Å². The molecule has 18 heavy (non-hydrogen) atoms. The third-order valence-corrected chi connectivity index (χ3v) is 3.52. The van der Waals surface area contributed by atoms with Gasteiger partial charge in [-0.15, -0.1) is 0 Å². The van der Waals surface area contributed by atoms with Gasteiger partial charge in [-0.2, -0.15) is 0 Å². The van der Waals surface area contributed by atoms with Crippen molar-refractivity contribution in [3.8, 4) is 0 Å². The van der Waals surface area contributed by atoms with Crippen LogP contribution in [-0.4, -0.2) is 32.2 Å². The van der Waals surface area contributed by atoms with Gasteiger partial charge in [0.1, 0.15) is 6.54 Å². The number of nitrogens with one attached hydrogen (secondary N) is 1. The van der Waals surface area contributed by atoms with Gasteiger partial charge in [-0.3, -0.25) is 4.79 Å². The largest absolute Gasteiger partial charge is 0.456 e. The predicted molar refractivity (Wildman–Crippen MR) is 70.9 cm³/mol. The Labute approximate surface area is 113 Å². The number of piperidine rings is 1. The lowest BCUT2D eigenvalue weighted by molar-refractivity contribution is -0.888. The lowest BCUT2D eigenvalue weighted by Gasteiger charge is -2.26. The number of esters is 1. The maximum absolute atomic E-state index is 11.8. The third kappa shape index (κ3) is 4.00. The highest BCUT2D eigenvalue weighted by Crippen LogP contribution is 2.11. The molecule has 0 aliphatic carbocycles. The summed E-state index contributed by atoms with van der Waals surface area (Å²) in [6.45, 7) is 2.09. The van der Waals surface area contributed by atoms with Crippen LogP contribution in [0, 0.1) is 0 Å². The second-order valence-electron chi connectivity index (χ2n) is 4.97. The Morgan fingerprint density at radius 2 is 2.17 bits per heavy atom. The highest BCUT2D eigenvalue weighted by molar-refractivity contribution is 6.30. The maximum Gasteiger partial charge on any atom is 0.310 e. The zero-order valence-corrected chi connectivity index (χ0v) is 11.4. The summed E-state index contributed by atoms with van der Waals surface area (Å²) < 4.78 is 5.50. The van der Waals surface area contributed by atoms with Gasteiger partial charge >= 0.3 is 5.97 Å². The van der Waals surface area contributed by atoms with E-state index >= 15 is 0 Å². The van der Waals surface area contributed by atoms with Crippen LogP contribution in [0.3, 0.4) is 0 Å². The van der Waals surface area contributed by atoms with Crippen molar-refractivity contribution in [1.82, 2.24) is 0 Å². The molecule has 2 rings (SSSR count). The predicted octanol–water partition coefficient (Wildman–Crippen LogP) is 1.10. The lowest BCUT2D eigenvalue weighted by Crippen LogP contribution is -3.11. The smallest absolute Gasteiger partial charge is 0.310 e. The van der Waals surface area contributed by atoms with Gasteiger partial charge in [-0.1, -0.05) is 23.7 Å². The number of halogens is 1. The molecule has 0 radical (unpaired) electrons. The Morgan fingerprint density at radius 1 is 1.44 bits per heavy atom. The summed E-state index contributed by atoms with van der Waals surface area (Å²) in [6.07, 6.45) is 2.53. The number of quaternary nitrogens is 1. The number of benzene rings is 1. The van der Waals surface area contributed by atoms with Crippen LogP contribution < -0.4 is 4.90 Å². The van der Waals surface area contributed by atoms with Gasteiger partial charge in [-0.25, -0.2) is 0 Å². The Kier molecular flexibility index (Phi) is 4.61. The van der Waals surface area contributed by atoms with E-state index in [2.05, 4.69) is 7.05 Å². The first kappa shape index (κ1) is 13.4. The number of hydrogen-bond acceptors (Lipinski definition) is 2. The van der Waals surface area contributed by atoms with Crippen molar-refractivity contribution in [2.45, 2.75) is 25.4 Å². The Bertz CT molecular complexity index is 405. The van der Waals surface area contributed by atoms with Crippen LogP contribution >= 0.6 is 11.6 Å². The molecule has 1 N–H and O–H groups in total. The van der Waals surface area contributed by atoms with Crippen molar-refractivity contribution >= 4 is 17.6 Å². The van der Waals surface area contributed by atoms with Crippen molar-refractivity contribution < 1.29 is 14.4 Å². The average molecular weight is 269 g/mol. The van der Waals surface area contributed by atoms with Crippen LogP contribution in [0.2, 0.25) is 5.02 Å². The van der Waals surface area contributed by atoms with Crippen LogP contribution in [0.15, 0.2) is 24.3 Å². The van der Waals surface area contributed by atoms with Crippen molar-refractivity contribution in [2.24, 2.45) is 0 Å². The molecule has 0 amide bonds. The molecule has 1 aromatic rings. The zero-order chi connectivity index (χ0) is 13.0. The van der Waals surface area contributed by atoms with Gasteiger partial charge in [-0.05, 0) is 24.1 Å². The topological polar surface area (TPSA) is 30.7 Å². The van der Waals surface area contributed by atoms with E-state index in [9.17, 15) is 4.79 Å². The minimum atomic E-state index is -0.142. The summed E-state index contributed by atoms with van der Waals surface area (Å²) in [5, 5.41) is 0.685. The molecule has 0 spiro atoms. The molecule has 1 aromatic carbocycles. The molecule has 1 saturated heterocycles. The summed E-state index contributed by atoms with van der Waals surface area (Å²) in [6, 6.07) is 7.31. The molecule has 1 aliphatic rings. The molecular weight excluding hydrogens is 250 g/mol. The molecule has 0 aromatic heterocycles. The third-order valence-electron chi connectivity index (χ3n) is 3.27. The van der Waals surface area contributed by atoms with Gasteiger partial charge in [0.15, 0.2) is 6.10 Å². The monoisotopic (exact) mass is 268 g/mol. The van der Waals surface area contributed by atoms with E-state index in [1.807, 2.05) is 12.1 Å². The van der Waals surface area contributed by atoms with Gasteiger partial charge in [0, 0.05) is 11.4 Å². The van der Waals surface area contributed by atoms with E-state index in [0.717, 1.165) is 24.9 Å². The van der Waals surface area contributed by atoms with Crippen molar-refractivity contribution in [2.75, 3.05) is 20.1 Å². The number of carbonyl (C=O) groups is 1. The minimum absolute atomic E-state index is 0.0820. The maximum atomic E-state index is 11.8. The highest BCUT2D eigenvalue weighted by atomic mass is 35.5. The molecule has 0 bridgehead atoms. The first-order valence-electron chi connectivity index (χ1n) is 6.39. The average Bonchev–Trinajstić information content (AvgIpc) is 2.32. The van der Waals surface area contributed by atoms with E-state index in [1.165, 1.54) is 11.4 Å². The number of likely N-dealkylation sites (N-methyl/N-ethyl adjacent to an activating group) is 1. The second kappa shape index (κ2) is 6.21. The first-order valence-corrected chi connectivity index (χ1v) is 6.76. The van der Waals surface area contributed by atoms with Crippen LogP contribution in [0.25, 0.3) is 0 Å². The van der Waals surface area contributed by atoms with Gasteiger partial charge in [0.25, 0.3) is 0 Å². The molecule has 1 fully saturated rings. The molecular formula is C14H19ClNO2+. The van der Waals surface area contributed by atoms with Crippen molar-refractivity contribution in [1.29, 1.82) is 0 Å².